The highest BCUT2D eigenvalue weighted by atomic mass is 16.1. The Hall–Kier alpha value is -1.49. The predicted octanol–water partition coefficient (Wildman–Crippen LogP) is 4.67. The van der Waals surface area contributed by atoms with Gasteiger partial charge in [-0.25, -0.2) is 9.97 Å². The van der Waals surface area contributed by atoms with Crippen molar-refractivity contribution in [3.05, 3.63) is 18.2 Å². The van der Waals surface area contributed by atoms with Gasteiger partial charge >= 0.3 is 0 Å². The van der Waals surface area contributed by atoms with Crippen LogP contribution in [0.15, 0.2) is 12.4 Å². The summed E-state index contributed by atoms with van der Waals surface area (Å²) in [6.07, 6.45) is 11.5. The highest BCUT2D eigenvalue weighted by Crippen LogP contribution is 2.55. The predicted molar refractivity (Wildman–Crippen MR) is 122 cm³/mol. The first-order valence-electron chi connectivity index (χ1n) is 12.1. The van der Waals surface area contributed by atoms with E-state index in [2.05, 4.69) is 54.4 Å². The molecule has 1 spiro atoms. The first-order chi connectivity index (χ1) is 14.3. The van der Waals surface area contributed by atoms with Crippen molar-refractivity contribution in [1.82, 2.24) is 14.9 Å². The van der Waals surface area contributed by atoms with E-state index in [1.54, 1.807) is 0 Å². The summed E-state index contributed by atoms with van der Waals surface area (Å²) < 4.78 is 0. The number of anilines is 1. The number of carbonyl (C=O) groups is 1. The molecule has 2 saturated carbocycles. The van der Waals surface area contributed by atoms with E-state index in [0.717, 1.165) is 50.0 Å². The second-order valence-corrected chi connectivity index (χ2v) is 10.9. The number of carbonyl (C=O) groups excluding carboxylic acids is 1. The topological polar surface area (TPSA) is 49.3 Å². The van der Waals surface area contributed by atoms with E-state index in [9.17, 15) is 4.79 Å². The fraction of sp³-hybridized carbons (Fsp3) is 0.800. The highest BCUT2D eigenvalue weighted by Gasteiger charge is 2.49. The van der Waals surface area contributed by atoms with E-state index in [0.29, 0.717) is 29.1 Å². The molecule has 1 aromatic heterocycles. The number of nitrogens with zero attached hydrogens (tertiary/aromatic N) is 4. The molecule has 2 aliphatic carbocycles. The Labute approximate surface area is 182 Å². The van der Waals surface area contributed by atoms with Crippen LogP contribution in [-0.2, 0) is 4.79 Å². The second kappa shape index (κ2) is 8.57. The number of aromatic nitrogens is 2. The number of piperazine rings is 1. The number of hydrogen-bond donors (Lipinski definition) is 0. The molecular weight excluding hydrogens is 372 g/mol. The molecule has 5 heteroatoms. The van der Waals surface area contributed by atoms with Crippen molar-refractivity contribution < 1.29 is 4.79 Å². The maximum absolute atomic E-state index is 12.3. The first kappa shape index (κ1) is 21.7. The van der Waals surface area contributed by atoms with Gasteiger partial charge in [-0.15, -0.1) is 0 Å². The summed E-state index contributed by atoms with van der Waals surface area (Å²) in [6, 6.07) is 1.30. The number of hydrogen-bond acceptors (Lipinski definition) is 5. The molecule has 166 valence electrons. The quantitative estimate of drug-likeness (QED) is 0.703. The molecule has 5 nitrogen and oxygen atoms in total. The monoisotopic (exact) mass is 412 g/mol. The smallest absolute Gasteiger partial charge is 0.138 e. The summed E-state index contributed by atoms with van der Waals surface area (Å²) in [5, 5.41) is 0. The summed E-state index contributed by atoms with van der Waals surface area (Å²) in [5.74, 6) is 2.33. The molecule has 1 aromatic rings. The van der Waals surface area contributed by atoms with Crippen LogP contribution in [0.1, 0.15) is 84.9 Å². The zero-order valence-electron chi connectivity index (χ0n) is 19.6. The van der Waals surface area contributed by atoms with Crippen molar-refractivity contribution in [2.75, 3.05) is 24.5 Å². The summed E-state index contributed by atoms with van der Waals surface area (Å²) in [4.78, 5) is 26.7. The maximum Gasteiger partial charge on any atom is 0.138 e. The molecule has 2 heterocycles. The summed E-state index contributed by atoms with van der Waals surface area (Å²) in [5.41, 5.74) is 1.69. The van der Waals surface area contributed by atoms with Gasteiger partial charge in [-0.1, -0.05) is 27.7 Å². The van der Waals surface area contributed by atoms with Crippen LogP contribution in [-0.4, -0.2) is 52.4 Å². The van der Waals surface area contributed by atoms with Gasteiger partial charge < -0.3 is 4.90 Å². The van der Waals surface area contributed by atoms with Crippen LogP contribution < -0.4 is 4.90 Å². The molecular formula is C25H40N4O. The van der Waals surface area contributed by atoms with Crippen LogP contribution in [0.3, 0.4) is 0 Å². The molecule has 1 saturated heterocycles. The minimum Gasteiger partial charge on any atom is -0.366 e. The van der Waals surface area contributed by atoms with E-state index < -0.39 is 0 Å². The molecule has 0 amide bonds. The van der Waals surface area contributed by atoms with Crippen LogP contribution in [0.4, 0.5) is 5.69 Å². The van der Waals surface area contributed by atoms with Gasteiger partial charge in [0.2, 0.25) is 0 Å². The van der Waals surface area contributed by atoms with Gasteiger partial charge in [0, 0.05) is 49.5 Å². The Morgan fingerprint density at radius 2 is 1.70 bits per heavy atom. The van der Waals surface area contributed by atoms with Gasteiger partial charge in [-0.2, -0.15) is 0 Å². The molecule has 30 heavy (non-hydrogen) atoms. The van der Waals surface area contributed by atoms with E-state index in [4.69, 9.17) is 0 Å². The number of Topliss-reactive ketones (excluding diaryl/α,β-unsaturated/α-hetero) is 1. The van der Waals surface area contributed by atoms with Crippen LogP contribution >= 0.6 is 0 Å². The van der Waals surface area contributed by atoms with Crippen molar-refractivity contribution in [2.24, 2.45) is 17.3 Å². The van der Waals surface area contributed by atoms with Gasteiger partial charge in [0.05, 0.1) is 18.1 Å². The van der Waals surface area contributed by atoms with Crippen molar-refractivity contribution in [3.63, 3.8) is 0 Å². The molecule has 0 radical (unpaired) electrons. The Morgan fingerprint density at radius 3 is 2.23 bits per heavy atom. The summed E-state index contributed by atoms with van der Waals surface area (Å²) in [7, 11) is 0. The molecule has 0 aromatic carbocycles. The molecule has 0 unspecified atom stereocenters. The molecule has 0 N–H and O–H groups in total. The van der Waals surface area contributed by atoms with Crippen molar-refractivity contribution in [1.29, 1.82) is 0 Å². The largest absolute Gasteiger partial charge is 0.366 e. The highest BCUT2D eigenvalue weighted by molar-refractivity contribution is 5.82. The summed E-state index contributed by atoms with van der Waals surface area (Å²) in [6.45, 7) is 14.0. The Kier molecular flexibility index (Phi) is 6.20. The van der Waals surface area contributed by atoms with Gasteiger partial charge in [-0.3, -0.25) is 9.69 Å². The van der Waals surface area contributed by atoms with E-state index in [1.807, 2.05) is 12.4 Å². The van der Waals surface area contributed by atoms with Gasteiger partial charge in [0.25, 0.3) is 0 Å². The van der Waals surface area contributed by atoms with Gasteiger partial charge in [0.1, 0.15) is 11.6 Å². The number of rotatable bonds is 5. The minimum atomic E-state index is 0.197. The Bertz CT molecular complexity index is 728. The summed E-state index contributed by atoms with van der Waals surface area (Å²) >= 11 is 0. The van der Waals surface area contributed by atoms with E-state index >= 15 is 0 Å². The molecule has 3 aliphatic rings. The fourth-order valence-corrected chi connectivity index (χ4v) is 6.11. The average Bonchev–Trinajstić information content (AvgIpc) is 2.71. The molecule has 3 fully saturated rings. The zero-order valence-corrected chi connectivity index (χ0v) is 19.6. The maximum atomic E-state index is 12.3. The van der Waals surface area contributed by atoms with Crippen molar-refractivity contribution in [3.8, 4) is 0 Å². The second-order valence-electron chi connectivity index (χ2n) is 10.9. The third-order valence-corrected chi connectivity index (χ3v) is 8.04. The van der Waals surface area contributed by atoms with Gasteiger partial charge in [0.15, 0.2) is 0 Å². The van der Waals surface area contributed by atoms with Crippen LogP contribution in [0.5, 0.6) is 0 Å². The standard InChI is InChI=1S/C25H40N4O/c1-17(2)23(30)20-6-8-25(9-7-20)12-21(13-25)29-11-10-28(16-19(29)5)22-14-26-24(18(3)4)27-15-22/h14-15,17-21H,6-13,16H2,1-5H3/t19-,20?,21?,25?/m1/s1. The average molecular weight is 413 g/mol. The molecule has 1 aliphatic heterocycles. The van der Waals surface area contributed by atoms with E-state index in [-0.39, 0.29) is 5.92 Å². The lowest BCUT2D eigenvalue weighted by Gasteiger charge is -2.57. The Balaban J connectivity index is 1.27. The zero-order chi connectivity index (χ0) is 21.5. The lowest BCUT2D eigenvalue weighted by Crippen LogP contribution is -2.61. The lowest BCUT2D eigenvalue weighted by atomic mass is 9.56. The first-order valence-corrected chi connectivity index (χ1v) is 12.1. The Morgan fingerprint density at radius 1 is 1.07 bits per heavy atom. The van der Waals surface area contributed by atoms with Crippen molar-refractivity contribution in [2.45, 2.75) is 91.1 Å². The van der Waals surface area contributed by atoms with Crippen LogP contribution in [0.2, 0.25) is 0 Å². The number of ketones is 1. The lowest BCUT2D eigenvalue weighted by molar-refractivity contribution is -0.129. The van der Waals surface area contributed by atoms with Gasteiger partial charge in [-0.05, 0) is 50.9 Å². The normalized spacial score (nSPS) is 32.6. The van der Waals surface area contributed by atoms with E-state index in [1.165, 1.54) is 25.7 Å². The molecule has 0 bridgehead atoms. The third kappa shape index (κ3) is 4.28. The van der Waals surface area contributed by atoms with Crippen molar-refractivity contribution >= 4 is 11.5 Å². The third-order valence-electron chi connectivity index (χ3n) is 8.04. The van der Waals surface area contributed by atoms with Crippen LogP contribution in [0.25, 0.3) is 0 Å². The molecule has 1 atom stereocenters. The molecule has 4 rings (SSSR count). The fourth-order valence-electron chi connectivity index (χ4n) is 6.11. The minimum absolute atomic E-state index is 0.197. The van der Waals surface area contributed by atoms with Crippen LogP contribution in [0, 0.1) is 17.3 Å². The SMILES string of the molecule is CC(C)C(=O)C1CCC2(CC1)CC(N1CCN(c3cnc(C(C)C)nc3)C[C@H]1C)C2.